The molecule has 0 unspecified atom stereocenters. The van der Waals surface area contributed by atoms with E-state index in [1.54, 1.807) is 17.0 Å². The molecule has 2 saturated heterocycles. The standard InChI is InChI=1S/C16H21FN2O4S/c1-24(21,22)19-7-5-16(6-8-19)12-18(15(20)11-23-16)10-13-3-2-4-14(17)9-13/h2-4,9H,5-8,10-12H2,1H3. The van der Waals surface area contributed by atoms with Crippen molar-refractivity contribution in [3.63, 3.8) is 0 Å². The number of amides is 1. The summed E-state index contributed by atoms with van der Waals surface area (Å²) in [7, 11) is -3.20. The number of ether oxygens (including phenoxy) is 1. The summed E-state index contributed by atoms with van der Waals surface area (Å²) in [6.07, 6.45) is 2.30. The molecule has 1 aromatic carbocycles. The lowest BCUT2D eigenvalue weighted by Crippen LogP contribution is -2.58. The van der Waals surface area contributed by atoms with Crippen molar-refractivity contribution >= 4 is 15.9 Å². The Labute approximate surface area is 141 Å². The van der Waals surface area contributed by atoms with Gasteiger partial charge in [-0.2, -0.15) is 0 Å². The highest BCUT2D eigenvalue weighted by molar-refractivity contribution is 7.88. The van der Waals surface area contributed by atoms with Gasteiger partial charge in [0.15, 0.2) is 0 Å². The first kappa shape index (κ1) is 17.3. The molecule has 0 bridgehead atoms. The van der Waals surface area contributed by atoms with E-state index in [0.29, 0.717) is 39.0 Å². The molecule has 3 rings (SSSR count). The fraction of sp³-hybridized carbons (Fsp3) is 0.562. The third-order valence-electron chi connectivity index (χ3n) is 4.70. The predicted octanol–water partition coefficient (Wildman–Crippen LogP) is 0.979. The molecule has 8 heteroatoms. The molecular weight excluding hydrogens is 335 g/mol. The number of benzene rings is 1. The minimum Gasteiger partial charge on any atom is -0.363 e. The van der Waals surface area contributed by atoms with Crippen LogP contribution >= 0.6 is 0 Å². The van der Waals surface area contributed by atoms with Gasteiger partial charge in [-0.3, -0.25) is 4.79 Å². The van der Waals surface area contributed by atoms with Crippen LogP contribution in [-0.2, 0) is 26.1 Å². The van der Waals surface area contributed by atoms with Crippen molar-refractivity contribution in [3.8, 4) is 0 Å². The Kier molecular flexibility index (Phi) is 4.63. The maximum absolute atomic E-state index is 13.3. The molecule has 0 aromatic heterocycles. The lowest BCUT2D eigenvalue weighted by molar-refractivity contribution is -0.170. The summed E-state index contributed by atoms with van der Waals surface area (Å²) in [5.74, 6) is -0.459. The number of hydrogen-bond acceptors (Lipinski definition) is 4. The van der Waals surface area contributed by atoms with Crippen LogP contribution in [0.4, 0.5) is 4.39 Å². The van der Waals surface area contributed by atoms with Crippen LogP contribution in [0.2, 0.25) is 0 Å². The number of sulfonamides is 1. The second-order valence-corrected chi connectivity index (χ2v) is 8.50. The highest BCUT2D eigenvalue weighted by Gasteiger charge is 2.43. The summed E-state index contributed by atoms with van der Waals surface area (Å²) in [6, 6.07) is 6.19. The van der Waals surface area contributed by atoms with Gasteiger partial charge in [-0.25, -0.2) is 17.1 Å². The molecule has 1 aromatic rings. The third kappa shape index (κ3) is 3.76. The summed E-state index contributed by atoms with van der Waals surface area (Å²) in [5.41, 5.74) is 0.219. The van der Waals surface area contributed by atoms with Crippen LogP contribution in [0, 0.1) is 5.82 Å². The average Bonchev–Trinajstić information content (AvgIpc) is 2.51. The molecule has 2 aliphatic heterocycles. The van der Waals surface area contributed by atoms with Gasteiger partial charge in [0.1, 0.15) is 12.4 Å². The fourth-order valence-corrected chi connectivity index (χ4v) is 4.16. The molecule has 132 valence electrons. The first-order chi connectivity index (χ1) is 11.3. The molecule has 0 atom stereocenters. The van der Waals surface area contributed by atoms with Crippen LogP contribution in [0.1, 0.15) is 18.4 Å². The van der Waals surface area contributed by atoms with Gasteiger partial charge in [0, 0.05) is 19.6 Å². The summed E-state index contributed by atoms with van der Waals surface area (Å²) in [4.78, 5) is 13.8. The quantitative estimate of drug-likeness (QED) is 0.810. The molecule has 0 saturated carbocycles. The maximum Gasteiger partial charge on any atom is 0.248 e. The van der Waals surface area contributed by atoms with Crippen LogP contribution in [0.3, 0.4) is 0 Å². The van der Waals surface area contributed by atoms with E-state index in [1.165, 1.54) is 22.7 Å². The smallest absolute Gasteiger partial charge is 0.248 e. The van der Waals surface area contributed by atoms with E-state index in [9.17, 15) is 17.6 Å². The predicted molar refractivity (Wildman–Crippen MR) is 86.2 cm³/mol. The molecule has 0 N–H and O–H groups in total. The van der Waals surface area contributed by atoms with Gasteiger partial charge < -0.3 is 9.64 Å². The Morgan fingerprint density at radius 1 is 1.29 bits per heavy atom. The van der Waals surface area contributed by atoms with Crippen molar-refractivity contribution in [2.75, 3.05) is 32.5 Å². The van der Waals surface area contributed by atoms with Gasteiger partial charge in [0.25, 0.3) is 0 Å². The van der Waals surface area contributed by atoms with E-state index < -0.39 is 15.6 Å². The second-order valence-electron chi connectivity index (χ2n) is 6.51. The zero-order valence-corrected chi connectivity index (χ0v) is 14.4. The highest BCUT2D eigenvalue weighted by atomic mass is 32.2. The number of carbonyl (C=O) groups is 1. The molecule has 2 heterocycles. The summed E-state index contributed by atoms with van der Waals surface area (Å²) in [6.45, 7) is 1.49. The number of rotatable bonds is 3. The molecular formula is C16H21FN2O4S. The van der Waals surface area contributed by atoms with Crippen molar-refractivity contribution in [1.29, 1.82) is 0 Å². The zero-order valence-electron chi connectivity index (χ0n) is 13.6. The van der Waals surface area contributed by atoms with E-state index in [4.69, 9.17) is 4.74 Å². The molecule has 2 fully saturated rings. The van der Waals surface area contributed by atoms with Crippen LogP contribution < -0.4 is 0 Å². The van der Waals surface area contributed by atoms with Crippen LogP contribution in [0.15, 0.2) is 24.3 Å². The molecule has 6 nitrogen and oxygen atoms in total. The van der Waals surface area contributed by atoms with Gasteiger partial charge in [-0.05, 0) is 30.5 Å². The van der Waals surface area contributed by atoms with Crippen molar-refractivity contribution in [1.82, 2.24) is 9.21 Å². The maximum atomic E-state index is 13.3. The largest absolute Gasteiger partial charge is 0.363 e. The number of hydrogen-bond donors (Lipinski definition) is 0. The first-order valence-corrected chi connectivity index (χ1v) is 9.74. The number of morpholine rings is 1. The van der Waals surface area contributed by atoms with Gasteiger partial charge in [0.05, 0.1) is 18.4 Å². The van der Waals surface area contributed by atoms with Crippen LogP contribution in [0.25, 0.3) is 0 Å². The molecule has 2 aliphatic rings. The average molecular weight is 356 g/mol. The van der Waals surface area contributed by atoms with Crippen molar-refractivity contribution in [2.45, 2.75) is 25.0 Å². The number of halogens is 1. The highest BCUT2D eigenvalue weighted by Crippen LogP contribution is 2.32. The van der Waals surface area contributed by atoms with Crippen molar-refractivity contribution in [3.05, 3.63) is 35.6 Å². The van der Waals surface area contributed by atoms with Gasteiger partial charge >= 0.3 is 0 Å². The molecule has 24 heavy (non-hydrogen) atoms. The Balaban J connectivity index is 1.69. The SMILES string of the molecule is CS(=O)(=O)N1CCC2(CC1)CN(Cc1cccc(F)c1)C(=O)CO2. The van der Waals surface area contributed by atoms with Crippen LogP contribution in [0.5, 0.6) is 0 Å². The first-order valence-electron chi connectivity index (χ1n) is 7.89. The number of nitrogens with zero attached hydrogens (tertiary/aromatic N) is 2. The summed E-state index contributed by atoms with van der Waals surface area (Å²) in [5, 5.41) is 0. The fourth-order valence-electron chi connectivity index (χ4n) is 3.32. The Morgan fingerprint density at radius 2 is 2.00 bits per heavy atom. The Morgan fingerprint density at radius 3 is 2.62 bits per heavy atom. The molecule has 1 spiro atoms. The van der Waals surface area contributed by atoms with Gasteiger partial charge in [-0.15, -0.1) is 0 Å². The minimum absolute atomic E-state index is 0.0197. The third-order valence-corrected chi connectivity index (χ3v) is 6.00. The topological polar surface area (TPSA) is 66.9 Å². The lowest BCUT2D eigenvalue weighted by atomic mass is 9.90. The van der Waals surface area contributed by atoms with E-state index in [2.05, 4.69) is 0 Å². The normalized spacial score (nSPS) is 22.1. The minimum atomic E-state index is -3.20. The molecule has 0 radical (unpaired) electrons. The summed E-state index contributed by atoms with van der Waals surface area (Å²) < 4.78 is 43.8. The van der Waals surface area contributed by atoms with Crippen LogP contribution in [-0.4, -0.2) is 61.6 Å². The van der Waals surface area contributed by atoms with Crippen molar-refractivity contribution in [2.24, 2.45) is 0 Å². The van der Waals surface area contributed by atoms with E-state index >= 15 is 0 Å². The Hall–Kier alpha value is -1.51. The van der Waals surface area contributed by atoms with E-state index in [-0.39, 0.29) is 18.3 Å². The second kappa shape index (κ2) is 6.42. The van der Waals surface area contributed by atoms with E-state index in [1.807, 2.05) is 0 Å². The molecule has 0 aliphatic carbocycles. The summed E-state index contributed by atoms with van der Waals surface area (Å²) >= 11 is 0. The zero-order chi connectivity index (χ0) is 17.4. The van der Waals surface area contributed by atoms with Crippen molar-refractivity contribution < 1.29 is 22.3 Å². The Bertz CT molecular complexity index is 729. The monoisotopic (exact) mass is 356 g/mol. The van der Waals surface area contributed by atoms with E-state index in [0.717, 1.165) is 5.56 Å². The van der Waals surface area contributed by atoms with Gasteiger partial charge in [0.2, 0.25) is 15.9 Å². The lowest BCUT2D eigenvalue weighted by Gasteiger charge is -2.46. The number of piperidine rings is 1. The molecule has 1 amide bonds. The number of carbonyl (C=O) groups excluding carboxylic acids is 1. The van der Waals surface area contributed by atoms with Gasteiger partial charge in [-0.1, -0.05) is 12.1 Å².